The lowest BCUT2D eigenvalue weighted by Gasteiger charge is -2.48. The second-order valence-electron chi connectivity index (χ2n) is 9.99. The maximum Gasteiger partial charge on any atom is 0.303 e. The Morgan fingerprint density at radius 3 is 2.26 bits per heavy atom. The van der Waals surface area contributed by atoms with Crippen LogP contribution in [0.15, 0.2) is 60.7 Å². The lowest BCUT2D eigenvalue weighted by atomic mass is 9.85. The van der Waals surface area contributed by atoms with Crippen molar-refractivity contribution in [3.05, 3.63) is 82.9 Å². The zero-order valence-electron chi connectivity index (χ0n) is 21.5. The standard InChI is InChI=1S/C30H28ClF2N3O3/c1-19(37)35(23-12-5-20(6-13-23)7-14-28(38)39)30(15-3-2-4-16-30)36-27-18-25(33)24(32)17-26(27)34-29(36)21-8-10-22(31)11-9-21/h5-6,8-13,17-18H,2-4,7,14-16H2,1H3,(H,38,39). The van der Waals surface area contributed by atoms with E-state index in [-0.39, 0.29) is 17.8 Å². The van der Waals surface area contributed by atoms with Crippen molar-refractivity contribution in [2.75, 3.05) is 4.90 Å². The number of carboxylic acid groups (broad SMARTS) is 1. The van der Waals surface area contributed by atoms with E-state index in [1.54, 1.807) is 29.2 Å². The van der Waals surface area contributed by atoms with Crippen molar-refractivity contribution in [2.24, 2.45) is 0 Å². The van der Waals surface area contributed by atoms with E-state index in [4.69, 9.17) is 21.7 Å². The highest BCUT2D eigenvalue weighted by Gasteiger charge is 2.45. The van der Waals surface area contributed by atoms with Gasteiger partial charge < -0.3 is 5.11 Å². The molecule has 202 valence electrons. The van der Waals surface area contributed by atoms with Crippen LogP contribution in [0.25, 0.3) is 22.4 Å². The Morgan fingerprint density at radius 1 is 1.00 bits per heavy atom. The van der Waals surface area contributed by atoms with Crippen LogP contribution in [0.1, 0.15) is 51.0 Å². The minimum atomic E-state index is -0.993. The molecular formula is C30H28ClF2N3O3. The molecule has 9 heteroatoms. The molecule has 1 amide bonds. The number of halogens is 3. The molecule has 1 heterocycles. The Morgan fingerprint density at radius 2 is 1.64 bits per heavy atom. The summed E-state index contributed by atoms with van der Waals surface area (Å²) in [4.78, 5) is 31.0. The van der Waals surface area contributed by atoms with E-state index in [1.807, 2.05) is 28.8 Å². The maximum atomic E-state index is 14.7. The summed E-state index contributed by atoms with van der Waals surface area (Å²) >= 11 is 6.15. The average molecular weight is 552 g/mol. The molecular weight excluding hydrogens is 524 g/mol. The van der Waals surface area contributed by atoms with Crippen LogP contribution < -0.4 is 4.90 Å². The third-order valence-corrected chi connectivity index (χ3v) is 7.67. The summed E-state index contributed by atoms with van der Waals surface area (Å²) in [5.41, 5.74) is 1.92. The number of benzene rings is 3. The first-order valence-electron chi connectivity index (χ1n) is 12.9. The molecule has 5 rings (SSSR count). The van der Waals surface area contributed by atoms with E-state index in [0.717, 1.165) is 37.0 Å². The molecule has 0 atom stereocenters. The van der Waals surface area contributed by atoms with E-state index >= 15 is 0 Å². The van der Waals surface area contributed by atoms with Crippen molar-refractivity contribution >= 4 is 40.2 Å². The van der Waals surface area contributed by atoms with Gasteiger partial charge in [-0.1, -0.05) is 30.2 Å². The summed E-state index contributed by atoms with van der Waals surface area (Å²) in [6.07, 6.45) is 4.17. The number of rotatable bonds is 7. The van der Waals surface area contributed by atoms with Gasteiger partial charge in [0, 0.05) is 41.8 Å². The third-order valence-electron chi connectivity index (χ3n) is 7.42. The van der Waals surface area contributed by atoms with Gasteiger partial charge in [-0.15, -0.1) is 0 Å². The molecule has 0 radical (unpaired) electrons. The Labute approximate surface area is 229 Å². The van der Waals surface area contributed by atoms with Crippen molar-refractivity contribution in [1.82, 2.24) is 9.55 Å². The topological polar surface area (TPSA) is 75.4 Å². The van der Waals surface area contributed by atoms with Crippen LogP contribution in [-0.4, -0.2) is 26.5 Å². The number of aromatic nitrogens is 2. The lowest BCUT2D eigenvalue weighted by molar-refractivity contribution is -0.137. The van der Waals surface area contributed by atoms with Gasteiger partial charge in [-0.05, 0) is 74.1 Å². The number of hydrogen-bond donors (Lipinski definition) is 1. The molecule has 1 N–H and O–H groups in total. The molecule has 1 fully saturated rings. The molecule has 0 saturated heterocycles. The largest absolute Gasteiger partial charge is 0.481 e. The average Bonchev–Trinajstić information content (AvgIpc) is 3.28. The number of carboxylic acids is 1. The van der Waals surface area contributed by atoms with E-state index in [2.05, 4.69) is 0 Å². The normalized spacial score (nSPS) is 14.9. The minimum absolute atomic E-state index is 0.00725. The highest BCUT2D eigenvalue weighted by Crippen LogP contribution is 2.45. The van der Waals surface area contributed by atoms with E-state index in [9.17, 15) is 18.4 Å². The van der Waals surface area contributed by atoms with Crippen LogP contribution >= 0.6 is 11.6 Å². The Kier molecular flexibility index (Phi) is 7.40. The minimum Gasteiger partial charge on any atom is -0.481 e. The maximum absolute atomic E-state index is 14.7. The van der Waals surface area contributed by atoms with Gasteiger partial charge in [-0.3, -0.25) is 19.1 Å². The lowest BCUT2D eigenvalue weighted by Crippen LogP contribution is -2.54. The Hall–Kier alpha value is -3.78. The molecule has 39 heavy (non-hydrogen) atoms. The number of fused-ring (bicyclic) bond motifs is 1. The van der Waals surface area contributed by atoms with Crippen molar-refractivity contribution in [3.8, 4) is 11.4 Å². The van der Waals surface area contributed by atoms with Crippen LogP contribution in [0, 0.1) is 11.6 Å². The van der Waals surface area contributed by atoms with E-state index < -0.39 is 23.3 Å². The van der Waals surface area contributed by atoms with Crippen molar-refractivity contribution in [3.63, 3.8) is 0 Å². The predicted octanol–water partition coefficient (Wildman–Crippen LogP) is 7.32. The van der Waals surface area contributed by atoms with Gasteiger partial charge in [0.25, 0.3) is 0 Å². The molecule has 0 bridgehead atoms. The highest BCUT2D eigenvalue weighted by molar-refractivity contribution is 6.30. The fourth-order valence-corrected chi connectivity index (χ4v) is 5.86. The summed E-state index contributed by atoms with van der Waals surface area (Å²) in [7, 11) is 0. The number of anilines is 1. The molecule has 4 aromatic rings. The first-order chi connectivity index (χ1) is 18.7. The fourth-order valence-electron chi connectivity index (χ4n) is 5.73. The molecule has 0 unspecified atom stereocenters. The molecule has 1 saturated carbocycles. The van der Waals surface area contributed by atoms with Gasteiger partial charge >= 0.3 is 5.97 Å². The molecule has 0 spiro atoms. The van der Waals surface area contributed by atoms with Gasteiger partial charge in [0.05, 0.1) is 11.0 Å². The van der Waals surface area contributed by atoms with Crippen molar-refractivity contribution in [1.29, 1.82) is 0 Å². The number of hydrogen-bond acceptors (Lipinski definition) is 3. The number of carbonyl (C=O) groups is 2. The third kappa shape index (κ3) is 5.13. The number of nitrogens with zero attached hydrogens (tertiary/aromatic N) is 3. The number of amides is 1. The summed E-state index contributed by atoms with van der Waals surface area (Å²) in [6, 6.07) is 16.6. The van der Waals surface area contributed by atoms with Gasteiger partial charge in [-0.2, -0.15) is 0 Å². The van der Waals surface area contributed by atoms with Gasteiger partial charge in [0.15, 0.2) is 11.6 Å². The first kappa shape index (κ1) is 26.8. The second kappa shape index (κ2) is 10.8. The van der Waals surface area contributed by atoms with E-state index in [1.165, 1.54) is 6.92 Å². The summed E-state index contributed by atoms with van der Waals surface area (Å²) < 4.78 is 30.9. The zero-order chi connectivity index (χ0) is 27.7. The second-order valence-corrected chi connectivity index (χ2v) is 10.4. The van der Waals surface area contributed by atoms with Gasteiger partial charge in [0.2, 0.25) is 5.91 Å². The molecule has 1 aromatic heterocycles. The van der Waals surface area contributed by atoms with E-state index in [0.29, 0.717) is 46.9 Å². The zero-order valence-corrected chi connectivity index (χ0v) is 22.2. The van der Waals surface area contributed by atoms with Crippen molar-refractivity contribution < 1.29 is 23.5 Å². The Bertz CT molecular complexity index is 1530. The number of carbonyl (C=O) groups excluding carboxylic acids is 1. The van der Waals surface area contributed by atoms with Crippen LogP contribution in [-0.2, 0) is 21.7 Å². The monoisotopic (exact) mass is 551 g/mol. The molecule has 6 nitrogen and oxygen atoms in total. The van der Waals surface area contributed by atoms with Crippen LogP contribution in [0.5, 0.6) is 0 Å². The SMILES string of the molecule is CC(=O)N(c1ccc(CCC(=O)O)cc1)C1(n2c(-c3ccc(Cl)cc3)nc3cc(F)c(F)cc32)CCCCC1. The number of imidazole rings is 1. The quantitative estimate of drug-likeness (QED) is 0.261. The number of aliphatic carboxylic acids is 1. The smallest absolute Gasteiger partial charge is 0.303 e. The Balaban J connectivity index is 1.74. The van der Waals surface area contributed by atoms with Gasteiger partial charge in [0.1, 0.15) is 11.5 Å². The number of aryl methyl sites for hydroxylation is 1. The summed E-state index contributed by atoms with van der Waals surface area (Å²) in [5, 5.41) is 9.58. The summed E-state index contributed by atoms with van der Waals surface area (Å²) in [6.45, 7) is 1.50. The summed E-state index contributed by atoms with van der Waals surface area (Å²) in [5.74, 6) is -2.59. The molecule has 3 aromatic carbocycles. The van der Waals surface area contributed by atoms with Crippen LogP contribution in [0.3, 0.4) is 0 Å². The van der Waals surface area contributed by atoms with Gasteiger partial charge in [-0.25, -0.2) is 13.8 Å². The first-order valence-corrected chi connectivity index (χ1v) is 13.3. The fraction of sp³-hybridized carbons (Fsp3) is 0.300. The highest BCUT2D eigenvalue weighted by atomic mass is 35.5. The predicted molar refractivity (Wildman–Crippen MR) is 147 cm³/mol. The van der Waals surface area contributed by atoms with Crippen LogP contribution in [0.4, 0.5) is 14.5 Å². The molecule has 1 aliphatic rings. The molecule has 0 aliphatic heterocycles. The van der Waals surface area contributed by atoms with Crippen LogP contribution in [0.2, 0.25) is 5.02 Å². The molecule has 1 aliphatic carbocycles. The van der Waals surface area contributed by atoms with Crippen molar-refractivity contribution in [2.45, 2.75) is 57.5 Å².